The molecule has 18 heavy (non-hydrogen) atoms. The second kappa shape index (κ2) is 5.67. The van der Waals surface area contributed by atoms with Crippen LogP contribution in [0.2, 0.25) is 5.28 Å². The molecule has 0 unspecified atom stereocenters. The van der Waals surface area contributed by atoms with Crippen molar-refractivity contribution in [2.24, 2.45) is 0 Å². The summed E-state index contributed by atoms with van der Waals surface area (Å²) in [7, 11) is 1.52. The van der Waals surface area contributed by atoms with Crippen molar-refractivity contribution in [3.63, 3.8) is 0 Å². The van der Waals surface area contributed by atoms with Gasteiger partial charge in [0.05, 0.1) is 7.11 Å². The third-order valence-electron chi connectivity index (χ3n) is 3.09. The Morgan fingerprint density at radius 3 is 2.33 bits per heavy atom. The van der Waals surface area contributed by atoms with Gasteiger partial charge in [-0.1, -0.05) is 0 Å². The number of hydrogen-bond donors (Lipinski definition) is 0. The molecule has 100 valence electrons. The molecule has 1 aromatic rings. The van der Waals surface area contributed by atoms with Crippen LogP contribution in [0.1, 0.15) is 13.8 Å². The summed E-state index contributed by atoms with van der Waals surface area (Å²) >= 11 is 5.85. The largest absolute Gasteiger partial charge is 0.467 e. The highest BCUT2D eigenvalue weighted by Gasteiger charge is 2.21. The zero-order valence-electron chi connectivity index (χ0n) is 10.9. The summed E-state index contributed by atoms with van der Waals surface area (Å²) in [6.07, 6.45) is 0. The molecule has 2 heterocycles. The SMILES string of the molecule is COc1nc(Cl)nc(N2CCN(C(C)C)CC2)n1. The minimum atomic E-state index is 0.170. The number of piperazine rings is 1. The Morgan fingerprint density at radius 2 is 1.78 bits per heavy atom. The number of nitrogens with zero attached hydrogens (tertiary/aromatic N) is 5. The van der Waals surface area contributed by atoms with E-state index in [9.17, 15) is 0 Å². The minimum Gasteiger partial charge on any atom is -0.467 e. The number of rotatable bonds is 3. The first-order chi connectivity index (χ1) is 8.60. The molecule has 2 rings (SSSR count). The van der Waals surface area contributed by atoms with Gasteiger partial charge in [0.15, 0.2) is 0 Å². The lowest BCUT2D eigenvalue weighted by atomic mass is 10.2. The normalized spacial score (nSPS) is 17.3. The first-order valence-electron chi connectivity index (χ1n) is 6.04. The standard InChI is InChI=1S/C11H18ClN5O/c1-8(2)16-4-6-17(7-5-16)10-13-9(12)14-11(15-10)18-3/h8H,4-7H2,1-3H3. The van der Waals surface area contributed by atoms with Crippen molar-refractivity contribution < 1.29 is 4.74 Å². The van der Waals surface area contributed by atoms with Crippen molar-refractivity contribution in [2.75, 3.05) is 38.2 Å². The molecule has 0 atom stereocenters. The van der Waals surface area contributed by atoms with E-state index in [0.29, 0.717) is 12.0 Å². The Morgan fingerprint density at radius 1 is 1.11 bits per heavy atom. The van der Waals surface area contributed by atoms with Crippen LogP contribution in [0.4, 0.5) is 5.95 Å². The van der Waals surface area contributed by atoms with Gasteiger partial charge in [-0.2, -0.15) is 15.0 Å². The smallest absolute Gasteiger partial charge is 0.322 e. The van der Waals surface area contributed by atoms with Crippen molar-refractivity contribution in [1.82, 2.24) is 19.9 Å². The number of ether oxygens (including phenoxy) is 1. The zero-order chi connectivity index (χ0) is 13.1. The third kappa shape index (κ3) is 3.00. The summed E-state index contributed by atoms with van der Waals surface area (Å²) in [5.74, 6) is 0.593. The molecule has 1 aliphatic rings. The molecule has 1 aromatic heterocycles. The van der Waals surface area contributed by atoms with E-state index in [4.69, 9.17) is 16.3 Å². The van der Waals surface area contributed by atoms with E-state index in [1.165, 1.54) is 7.11 Å². The molecule has 1 aliphatic heterocycles. The number of anilines is 1. The third-order valence-corrected chi connectivity index (χ3v) is 3.25. The Bertz CT molecular complexity index is 406. The van der Waals surface area contributed by atoms with Crippen molar-refractivity contribution >= 4 is 17.5 Å². The van der Waals surface area contributed by atoms with Gasteiger partial charge in [0.1, 0.15) is 0 Å². The number of methoxy groups -OCH3 is 1. The van der Waals surface area contributed by atoms with Gasteiger partial charge in [0.2, 0.25) is 11.2 Å². The average Bonchev–Trinajstić information content (AvgIpc) is 2.38. The molecule has 0 saturated carbocycles. The predicted molar refractivity (Wildman–Crippen MR) is 70.3 cm³/mol. The lowest BCUT2D eigenvalue weighted by Crippen LogP contribution is -2.49. The summed E-state index contributed by atoms with van der Waals surface area (Å²) in [5.41, 5.74) is 0. The summed E-state index contributed by atoms with van der Waals surface area (Å²) in [6.45, 7) is 8.20. The van der Waals surface area contributed by atoms with Crippen molar-refractivity contribution in [2.45, 2.75) is 19.9 Å². The van der Waals surface area contributed by atoms with Gasteiger partial charge in [0.25, 0.3) is 0 Å². The van der Waals surface area contributed by atoms with E-state index in [2.05, 4.69) is 38.6 Å². The van der Waals surface area contributed by atoms with Crippen LogP contribution in [0, 0.1) is 0 Å². The molecule has 0 aromatic carbocycles. The monoisotopic (exact) mass is 271 g/mol. The van der Waals surface area contributed by atoms with E-state index in [-0.39, 0.29) is 11.3 Å². The Balaban J connectivity index is 2.07. The van der Waals surface area contributed by atoms with Crippen LogP contribution in [0.3, 0.4) is 0 Å². The highest BCUT2D eigenvalue weighted by Crippen LogP contribution is 2.17. The molecule has 1 saturated heterocycles. The second-order valence-electron chi connectivity index (χ2n) is 4.51. The summed E-state index contributed by atoms with van der Waals surface area (Å²) < 4.78 is 5.00. The fourth-order valence-corrected chi connectivity index (χ4v) is 2.14. The van der Waals surface area contributed by atoms with Gasteiger partial charge >= 0.3 is 6.01 Å². The minimum absolute atomic E-state index is 0.170. The van der Waals surface area contributed by atoms with Crippen molar-refractivity contribution in [3.8, 4) is 6.01 Å². The maximum absolute atomic E-state index is 5.85. The number of halogens is 1. The van der Waals surface area contributed by atoms with Gasteiger partial charge < -0.3 is 9.64 Å². The molecular formula is C11H18ClN5O. The molecular weight excluding hydrogens is 254 g/mol. The van der Waals surface area contributed by atoms with Gasteiger partial charge in [-0.3, -0.25) is 4.90 Å². The van der Waals surface area contributed by atoms with Gasteiger partial charge in [-0.05, 0) is 25.4 Å². The average molecular weight is 272 g/mol. The fraction of sp³-hybridized carbons (Fsp3) is 0.727. The lowest BCUT2D eigenvalue weighted by molar-refractivity contribution is 0.208. The van der Waals surface area contributed by atoms with E-state index >= 15 is 0 Å². The molecule has 1 fully saturated rings. The fourth-order valence-electron chi connectivity index (χ4n) is 1.99. The van der Waals surface area contributed by atoms with Crippen LogP contribution in [0.15, 0.2) is 0 Å². The van der Waals surface area contributed by atoms with Crippen LogP contribution < -0.4 is 9.64 Å². The molecule has 6 nitrogen and oxygen atoms in total. The van der Waals surface area contributed by atoms with Gasteiger partial charge in [-0.15, -0.1) is 0 Å². The maximum atomic E-state index is 5.85. The molecule has 0 aliphatic carbocycles. The van der Waals surface area contributed by atoms with E-state index in [1.54, 1.807) is 0 Å². The zero-order valence-corrected chi connectivity index (χ0v) is 11.7. The maximum Gasteiger partial charge on any atom is 0.322 e. The van der Waals surface area contributed by atoms with E-state index < -0.39 is 0 Å². The van der Waals surface area contributed by atoms with Crippen LogP contribution in [-0.4, -0.2) is 59.2 Å². The number of aromatic nitrogens is 3. The van der Waals surface area contributed by atoms with Gasteiger partial charge in [0, 0.05) is 32.2 Å². The summed E-state index contributed by atoms with van der Waals surface area (Å²) in [5, 5.41) is 0.170. The quantitative estimate of drug-likeness (QED) is 0.820. The molecule has 0 spiro atoms. The molecule has 0 radical (unpaired) electrons. The Labute approximate surface area is 112 Å². The van der Waals surface area contributed by atoms with Crippen molar-refractivity contribution in [3.05, 3.63) is 5.28 Å². The molecule has 7 heteroatoms. The van der Waals surface area contributed by atoms with E-state index in [0.717, 1.165) is 26.2 Å². The van der Waals surface area contributed by atoms with Crippen LogP contribution in [-0.2, 0) is 0 Å². The predicted octanol–water partition coefficient (Wildman–Crippen LogP) is 1.06. The Kier molecular flexibility index (Phi) is 4.19. The van der Waals surface area contributed by atoms with Crippen LogP contribution in [0.25, 0.3) is 0 Å². The first kappa shape index (κ1) is 13.3. The molecule has 0 N–H and O–H groups in total. The summed E-state index contributed by atoms with van der Waals surface area (Å²) in [4.78, 5) is 16.8. The van der Waals surface area contributed by atoms with Gasteiger partial charge in [-0.25, -0.2) is 0 Å². The number of hydrogen-bond acceptors (Lipinski definition) is 6. The summed E-state index contributed by atoms with van der Waals surface area (Å²) in [6, 6.07) is 0.833. The highest BCUT2D eigenvalue weighted by molar-refractivity contribution is 6.28. The second-order valence-corrected chi connectivity index (χ2v) is 4.85. The Hall–Kier alpha value is -1.14. The highest BCUT2D eigenvalue weighted by atomic mass is 35.5. The van der Waals surface area contributed by atoms with Crippen LogP contribution in [0.5, 0.6) is 6.01 Å². The molecule has 0 amide bonds. The molecule has 0 bridgehead atoms. The first-order valence-corrected chi connectivity index (χ1v) is 6.42. The topological polar surface area (TPSA) is 54.4 Å². The lowest BCUT2D eigenvalue weighted by Gasteiger charge is -2.36. The van der Waals surface area contributed by atoms with E-state index in [1.807, 2.05) is 0 Å². The van der Waals surface area contributed by atoms with Crippen LogP contribution >= 0.6 is 11.6 Å². The van der Waals surface area contributed by atoms with Crippen molar-refractivity contribution in [1.29, 1.82) is 0 Å².